The summed E-state index contributed by atoms with van der Waals surface area (Å²) in [5.41, 5.74) is 5.74. The van der Waals surface area contributed by atoms with Crippen LogP contribution in [-0.4, -0.2) is 28.3 Å². The number of nitrogens with zero attached hydrogens (tertiary/aromatic N) is 2. The van der Waals surface area contributed by atoms with Crippen LogP contribution in [0.2, 0.25) is 0 Å². The Balaban J connectivity index is 2.47. The number of hydrogen-bond acceptors (Lipinski definition) is 5. The molecule has 0 radical (unpaired) electrons. The minimum Gasteiger partial charge on any atom is -0.338 e. The smallest absolute Gasteiger partial charge is 0.338 e. The van der Waals surface area contributed by atoms with Crippen LogP contribution in [0.4, 0.5) is 13.2 Å². The third kappa shape index (κ3) is 5.40. The van der Waals surface area contributed by atoms with E-state index in [-0.39, 0.29) is 18.1 Å². The SMILES string of the molecule is CSCC[C@@H](N)c1nc(CCC(F)(F)F)no1. The van der Waals surface area contributed by atoms with E-state index >= 15 is 0 Å². The van der Waals surface area contributed by atoms with Crippen molar-refractivity contribution in [3.8, 4) is 0 Å². The molecule has 4 nitrogen and oxygen atoms in total. The number of halogens is 3. The Kier molecular flexibility index (Phi) is 5.26. The molecule has 0 spiro atoms. The van der Waals surface area contributed by atoms with Gasteiger partial charge >= 0.3 is 6.18 Å². The Morgan fingerprint density at radius 2 is 2.18 bits per heavy atom. The highest BCUT2D eigenvalue weighted by Gasteiger charge is 2.27. The van der Waals surface area contributed by atoms with E-state index in [0.717, 1.165) is 5.75 Å². The molecular formula is C9H14F3N3OS. The molecule has 0 aliphatic rings. The van der Waals surface area contributed by atoms with Gasteiger partial charge in [-0.1, -0.05) is 5.16 Å². The molecule has 8 heteroatoms. The first-order valence-electron chi connectivity index (χ1n) is 5.06. The van der Waals surface area contributed by atoms with Crippen molar-refractivity contribution in [1.82, 2.24) is 10.1 Å². The first kappa shape index (κ1) is 14.3. The van der Waals surface area contributed by atoms with Gasteiger partial charge in [0.25, 0.3) is 0 Å². The van der Waals surface area contributed by atoms with Crippen molar-refractivity contribution in [2.24, 2.45) is 5.73 Å². The molecule has 98 valence electrons. The van der Waals surface area contributed by atoms with Crippen molar-refractivity contribution < 1.29 is 17.7 Å². The largest absolute Gasteiger partial charge is 0.389 e. The molecule has 1 heterocycles. The number of nitrogens with two attached hydrogens (primary N) is 1. The molecule has 0 bridgehead atoms. The molecule has 0 amide bonds. The monoisotopic (exact) mass is 269 g/mol. The van der Waals surface area contributed by atoms with Crippen LogP contribution in [0.1, 0.15) is 30.6 Å². The van der Waals surface area contributed by atoms with Gasteiger partial charge in [-0.3, -0.25) is 0 Å². The topological polar surface area (TPSA) is 64.9 Å². The zero-order chi connectivity index (χ0) is 12.9. The highest BCUT2D eigenvalue weighted by molar-refractivity contribution is 7.98. The van der Waals surface area contributed by atoms with Gasteiger partial charge in [0.2, 0.25) is 5.89 Å². The van der Waals surface area contributed by atoms with Crippen molar-refractivity contribution in [3.63, 3.8) is 0 Å². The minimum atomic E-state index is -4.21. The average molecular weight is 269 g/mol. The highest BCUT2D eigenvalue weighted by Crippen LogP contribution is 2.22. The van der Waals surface area contributed by atoms with Crippen LogP contribution in [0.15, 0.2) is 4.52 Å². The molecular weight excluding hydrogens is 255 g/mol. The first-order valence-corrected chi connectivity index (χ1v) is 6.45. The van der Waals surface area contributed by atoms with E-state index in [4.69, 9.17) is 10.3 Å². The third-order valence-electron chi connectivity index (χ3n) is 2.07. The molecule has 1 atom stereocenters. The zero-order valence-corrected chi connectivity index (χ0v) is 10.1. The van der Waals surface area contributed by atoms with Gasteiger partial charge in [-0.2, -0.15) is 29.9 Å². The van der Waals surface area contributed by atoms with Gasteiger partial charge in [0.05, 0.1) is 12.5 Å². The summed E-state index contributed by atoms with van der Waals surface area (Å²) in [6.45, 7) is 0. The molecule has 0 aromatic carbocycles. The van der Waals surface area contributed by atoms with E-state index in [0.29, 0.717) is 6.42 Å². The van der Waals surface area contributed by atoms with Gasteiger partial charge in [0.15, 0.2) is 5.82 Å². The van der Waals surface area contributed by atoms with E-state index in [1.165, 1.54) is 0 Å². The second-order valence-electron chi connectivity index (χ2n) is 3.55. The van der Waals surface area contributed by atoms with Crippen LogP contribution in [0.3, 0.4) is 0 Å². The highest BCUT2D eigenvalue weighted by atomic mass is 32.2. The standard InChI is InChI=1S/C9H14F3N3OS/c1-17-5-3-6(13)8-14-7(15-16-8)2-4-9(10,11)12/h6H,2-5,13H2,1H3/t6-/m1/s1. The van der Waals surface area contributed by atoms with Gasteiger partial charge in [0, 0.05) is 6.42 Å². The number of aromatic nitrogens is 2. The van der Waals surface area contributed by atoms with Crippen molar-refractivity contribution in [2.45, 2.75) is 31.5 Å². The summed E-state index contributed by atoms with van der Waals surface area (Å²) in [5, 5.41) is 3.48. The van der Waals surface area contributed by atoms with Crippen molar-refractivity contribution >= 4 is 11.8 Å². The molecule has 0 unspecified atom stereocenters. The lowest BCUT2D eigenvalue weighted by Gasteiger charge is -2.04. The molecule has 1 aromatic rings. The predicted octanol–water partition coefficient (Wildman–Crippen LogP) is 2.32. The molecule has 0 saturated carbocycles. The second kappa shape index (κ2) is 6.25. The molecule has 1 aromatic heterocycles. The Morgan fingerprint density at radius 1 is 1.47 bits per heavy atom. The van der Waals surface area contributed by atoms with Crippen LogP contribution >= 0.6 is 11.8 Å². The molecule has 0 aliphatic heterocycles. The van der Waals surface area contributed by atoms with Crippen LogP contribution in [-0.2, 0) is 6.42 Å². The summed E-state index contributed by atoms with van der Waals surface area (Å²) in [4.78, 5) is 3.85. The van der Waals surface area contributed by atoms with Gasteiger partial charge in [-0.25, -0.2) is 0 Å². The van der Waals surface area contributed by atoms with E-state index < -0.39 is 18.6 Å². The molecule has 2 N–H and O–H groups in total. The fourth-order valence-corrected chi connectivity index (χ4v) is 1.63. The number of thioether (sulfide) groups is 1. The van der Waals surface area contributed by atoms with E-state index in [1.54, 1.807) is 11.8 Å². The van der Waals surface area contributed by atoms with Crippen LogP contribution in [0, 0.1) is 0 Å². The van der Waals surface area contributed by atoms with Crippen molar-refractivity contribution in [1.29, 1.82) is 0 Å². The molecule has 17 heavy (non-hydrogen) atoms. The van der Waals surface area contributed by atoms with Gasteiger partial charge in [-0.05, 0) is 18.4 Å². The second-order valence-corrected chi connectivity index (χ2v) is 4.54. The summed E-state index contributed by atoms with van der Waals surface area (Å²) in [7, 11) is 0. The molecule has 0 aliphatic carbocycles. The lowest BCUT2D eigenvalue weighted by Crippen LogP contribution is -2.12. The summed E-state index contributed by atoms with van der Waals surface area (Å²) in [5.74, 6) is 1.09. The van der Waals surface area contributed by atoms with Crippen LogP contribution in [0.25, 0.3) is 0 Å². The maximum atomic E-state index is 12.0. The number of aryl methyl sites for hydroxylation is 1. The van der Waals surface area contributed by atoms with Crippen LogP contribution < -0.4 is 5.73 Å². The number of rotatable bonds is 6. The van der Waals surface area contributed by atoms with E-state index in [2.05, 4.69) is 10.1 Å². The molecule has 0 saturated heterocycles. The lowest BCUT2D eigenvalue weighted by atomic mass is 10.2. The minimum absolute atomic E-state index is 0.0527. The van der Waals surface area contributed by atoms with Gasteiger partial charge < -0.3 is 10.3 Å². The van der Waals surface area contributed by atoms with E-state index in [1.807, 2.05) is 6.26 Å². The average Bonchev–Trinajstić information content (AvgIpc) is 2.70. The van der Waals surface area contributed by atoms with E-state index in [9.17, 15) is 13.2 Å². The zero-order valence-electron chi connectivity index (χ0n) is 9.33. The third-order valence-corrected chi connectivity index (χ3v) is 2.71. The summed E-state index contributed by atoms with van der Waals surface area (Å²) < 4.78 is 40.7. The maximum absolute atomic E-state index is 12.0. The fourth-order valence-electron chi connectivity index (χ4n) is 1.14. The number of alkyl halides is 3. The first-order chi connectivity index (χ1) is 7.92. The Hall–Kier alpha value is -0.760. The predicted molar refractivity (Wildman–Crippen MR) is 58.6 cm³/mol. The van der Waals surface area contributed by atoms with Crippen LogP contribution in [0.5, 0.6) is 0 Å². The van der Waals surface area contributed by atoms with Crippen molar-refractivity contribution in [2.75, 3.05) is 12.0 Å². The Morgan fingerprint density at radius 3 is 2.76 bits per heavy atom. The van der Waals surface area contributed by atoms with Gasteiger partial charge in [0.1, 0.15) is 0 Å². The summed E-state index contributed by atoms with van der Waals surface area (Å²) >= 11 is 1.63. The lowest BCUT2D eigenvalue weighted by molar-refractivity contribution is -0.134. The molecule has 1 rings (SSSR count). The Bertz CT molecular complexity index is 342. The Labute approximate surface area is 101 Å². The maximum Gasteiger partial charge on any atom is 0.389 e. The summed E-state index contributed by atoms with van der Waals surface area (Å²) in [6, 6.07) is -0.408. The van der Waals surface area contributed by atoms with Crippen molar-refractivity contribution in [3.05, 3.63) is 11.7 Å². The summed E-state index contributed by atoms with van der Waals surface area (Å²) in [6.07, 6.45) is -2.84. The quantitative estimate of drug-likeness (QED) is 0.858. The fraction of sp³-hybridized carbons (Fsp3) is 0.778. The molecule has 0 fully saturated rings. The van der Waals surface area contributed by atoms with Gasteiger partial charge in [-0.15, -0.1) is 0 Å². The number of hydrogen-bond donors (Lipinski definition) is 1. The normalized spacial score (nSPS) is 13.9.